The van der Waals surface area contributed by atoms with Gasteiger partial charge in [-0.15, -0.1) is 0 Å². The topological polar surface area (TPSA) is 34.9 Å². The fourth-order valence-electron chi connectivity index (χ4n) is 2.08. The molecule has 1 aromatic heterocycles. The maximum atomic E-state index is 12.0. The zero-order valence-electron chi connectivity index (χ0n) is 12.4. The lowest BCUT2D eigenvalue weighted by molar-refractivity contribution is 0.0952. The minimum absolute atomic E-state index is 0.122. The lowest BCUT2D eigenvalue weighted by Gasteiger charge is -2.04. The zero-order chi connectivity index (χ0) is 14.7. The van der Waals surface area contributed by atoms with Crippen molar-refractivity contribution >= 4 is 12.0 Å². The van der Waals surface area contributed by atoms with Gasteiger partial charge in [-0.2, -0.15) is 5.10 Å². The SMILES string of the molecule is Cc1cc(C)n(C(=O)/C=C\c2ccc(C(C)C)cc2)n1. The molecule has 0 aliphatic heterocycles. The van der Waals surface area contributed by atoms with Gasteiger partial charge < -0.3 is 0 Å². The van der Waals surface area contributed by atoms with E-state index >= 15 is 0 Å². The van der Waals surface area contributed by atoms with Gasteiger partial charge in [0, 0.05) is 11.8 Å². The van der Waals surface area contributed by atoms with Crippen molar-refractivity contribution in [3.8, 4) is 0 Å². The average molecular weight is 268 g/mol. The molecule has 3 nitrogen and oxygen atoms in total. The fraction of sp³-hybridized carbons (Fsp3) is 0.294. The monoisotopic (exact) mass is 268 g/mol. The van der Waals surface area contributed by atoms with E-state index in [0.717, 1.165) is 17.0 Å². The van der Waals surface area contributed by atoms with Crippen LogP contribution in [0.1, 0.15) is 47.1 Å². The number of carbonyl (C=O) groups is 1. The van der Waals surface area contributed by atoms with E-state index in [-0.39, 0.29) is 5.91 Å². The second kappa shape index (κ2) is 5.87. The van der Waals surface area contributed by atoms with Gasteiger partial charge in [-0.3, -0.25) is 4.79 Å². The first-order valence-corrected chi connectivity index (χ1v) is 6.83. The highest BCUT2D eigenvalue weighted by Crippen LogP contribution is 2.15. The fourth-order valence-corrected chi connectivity index (χ4v) is 2.08. The van der Waals surface area contributed by atoms with Crippen molar-refractivity contribution in [2.24, 2.45) is 0 Å². The van der Waals surface area contributed by atoms with Crippen molar-refractivity contribution in [1.82, 2.24) is 9.78 Å². The van der Waals surface area contributed by atoms with Crippen LogP contribution < -0.4 is 0 Å². The Morgan fingerprint density at radius 1 is 1.20 bits per heavy atom. The molecule has 0 bridgehead atoms. The molecule has 0 radical (unpaired) electrons. The van der Waals surface area contributed by atoms with Crippen molar-refractivity contribution in [2.75, 3.05) is 0 Å². The molecule has 2 aromatic rings. The molecule has 1 aromatic carbocycles. The first kappa shape index (κ1) is 14.3. The van der Waals surface area contributed by atoms with Crippen LogP contribution in [-0.4, -0.2) is 15.7 Å². The third-order valence-electron chi connectivity index (χ3n) is 3.24. The Bertz CT molecular complexity index is 634. The van der Waals surface area contributed by atoms with Gasteiger partial charge >= 0.3 is 0 Å². The zero-order valence-corrected chi connectivity index (χ0v) is 12.4. The van der Waals surface area contributed by atoms with Crippen molar-refractivity contribution in [1.29, 1.82) is 0 Å². The first-order chi connectivity index (χ1) is 9.47. The van der Waals surface area contributed by atoms with Crippen LogP contribution in [0.5, 0.6) is 0 Å². The maximum absolute atomic E-state index is 12.0. The molecule has 0 fully saturated rings. The van der Waals surface area contributed by atoms with Crippen LogP contribution in [0, 0.1) is 13.8 Å². The standard InChI is InChI=1S/C17H20N2O/c1-12(2)16-8-5-15(6-9-16)7-10-17(20)19-14(4)11-13(3)18-19/h5-12H,1-4H3/b10-7-. The number of carbonyl (C=O) groups excluding carboxylic acids is 1. The van der Waals surface area contributed by atoms with Gasteiger partial charge in [-0.25, -0.2) is 4.68 Å². The normalized spacial score (nSPS) is 11.4. The van der Waals surface area contributed by atoms with E-state index < -0.39 is 0 Å². The Kier molecular flexibility index (Phi) is 4.18. The van der Waals surface area contributed by atoms with Gasteiger partial charge in [0.1, 0.15) is 0 Å². The summed E-state index contributed by atoms with van der Waals surface area (Å²) in [6.45, 7) is 8.09. The lowest BCUT2D eigenvalue weighted by Crippen LogP contribution is -2.10. The summed E-state index contributed by atoms with van der Waals surface area (Å²) < 4.78 is 1.42. The summed E-state index contributed by atoms with van der Waals surface area (Å²) in [5.41, 5.74) is 4.02. The average Bonchev–Trinajstić information content (AvgIpc) is 2.75. The van der Waals surface area contributed by atoms with E-state index in [1.807, 2.05) is 38.1 Å². The molecule has 20 heavy (non-hydrogen) atoms. The molecule has 0 aliphatic rings. The molecule has 0 spiro atoms. The van der Waals surface area contributed by atoms with E-state index in [0.29, 0.717) is 5.92 Å². The highest BCUT2D eigenvalue weighted by molar-refractivity contribution is 5.93. The second-order valence-corrected chi connectivity index (χ2v) is 5.33. The molecule has 0 saturated heterocycles. The molecule has 0 atom stereocenters. The summed E-state index contributed by atoms with van der Waals surface area (Å²) in [6, 6.07) is 10.1. The number of allylic oxidation sites excluding steroid dienone is 1. The number of benzene rings is 1. The minimum Gasteiger partial charge on any atom is -0.267 e. The van der Waals surface area contributed by atoms with Crippen LogP contribution in [0.15, 0.2) is 36.4 Å². The number of aromatic nitrogens is 2. The Balaban J connectivity index is 2.13. The number of aryl methyl sites for hydroxylation is 2. The highest BCUT2D eigenvalue weighted by Gasteiger charge is 2.06. The summed E-state index contributed by atoms with van der Waals surface area (Å²) in [5.74, 6) is 0.396. The third-order valence-corrected chi connectivity index (χ3v) is 3.24. The molecule has 1 heterocycles. The van der Waals surface area contributed by atoms with E-state index in [2.05, 4.69) is 31.1 Å². The molecule has 2 rings (SSSR count). The quantitative estimate of drug-likeness (QED) is 0.789. The van der Waals surface area contributed by atoms with Gasteiger partial charge in [0.15, 0.2) is 0 Å². The summed E-state index contributed by atoms with van der Waals surface area (Å²) in [4.78, 5) is 12.0. The van der Waals surface area contributed by atoms with E-state index in [4.69, 9.17) is 0 Å². The molecule has 104 valence electrons. The Hall–Kier alpha value is -2.16. The molecular formula is C17H20N2O. The van der Waals surface area contributed by atoms with Gasteiger partial charge in [0.05, 0.1) is 5.69 Å². The summed E-state index contributed by atoms with van der Waals surface area (Å²) >= 11 is 0. The number of nitrogens with zero attached hydrogens (tertiary/aromatic N) is 2. The van der Waals surface area contributed by atoms with E-state index in [1.165, 1.54) is 10.2 Å². The minimum atomic E-state index is -0.122. The number of hydrogen-bond donors (Lipinski definition) is 0. The molecule has 0 amide bonds. The smallest absolute Gasteiger partial charge is 0.267 e. The Morgan fingerprint density at radius 2 is 1.85 bits per heavy atom. The largest absolute Gasteiger partial charge is 0.271 e. The van der Waals surface area contributed by atoms with Crippen LogP contribution in [0.2, 0.25) is 0 Å². The lowest BCUT2D eigenvalue weighted by atomic mass is 10.0. The molecular weight excluding hydrogens is 248 g/mol. The van der Waals surface area contributed by atoms with Crippen LogP contribution in [0.25, 0.3) is 6.08 Å². The van der Waals surface area contributed by atoms with Crippen LogP contribution >= 0.6 is 0 Å². The molecule has 0 saturated carbocycles. The van der Waals surface area contributed by atoms with Crippen LogP contribution in [-0.2, 0) is 0 Å². The highest BCUT2D eigenvalue weighted by atomic mass is 16.2. The first-order valence-electron chi connectivity index (χ1n) is 6.83. The van der Waals surface area contributed by atoms with Gasteiger partial charge in [0.2, 0.25) is 0 Å². The van der Waals surface area contributed by atoms with Crippen molar-refractivity contribution in [2.45, 2.75) is 33.6 Å². The second-order valence-electron chi connectivity index (χ2n) is 5.33. The molecule has 0 N–H and O–H groups in total. The number of rotatable bonds is 3. The van der Waals surface area contributed by atoms with Crippen molar-refractivity contribution in [3.05, 3.63) is 58.9 Å². The van der Waals surface area contributed by atoms with Gasteiger partial charge in [-0.05, 0) is 43.0 Å². The Labute approximate surface area is 119 Å². The van der Waals surface area contributed by atoms with Gasteiger partial charge in [0.25, 0.3) is 5.91 Å². The molecule has 0 unspecified atom stereocenters. The van der Waals surface area contributed by atoms with E-state index in [9.17, 15) is 4.79 Å². The molecule has 0 aliphatic carbocycles. The third kappa shape index (κ3) is 3.23. The van der Waals surface area contributed by atoms with Crippen molar-refractivity contribution < 1.29 is 4.79 Å². The van der Waals surface area contributed by atoms with E-state index in [1.54, 1.807) is 6.08 Å². The molecule has 3 heteroatoms. The Morgan fingerprint density at radius 3 is 2.35 bits per heavy atom. The van der Waals surface area contributed by atoms with Crippen molar-refractivity contribution in [3.63, 3.8) is 0 Å². The van der Waals surface area contributed by atoms with Crippen LogP contribution in [0.3, 0.4) is 0 Å². The number of hydrogen-bond acceptors (Lipinski definition) is 2. The summed E-state index contributed by atoms with van der Waals surface area (Å²) in [7, 11) is 0. The van der Waals surface area contributed by atoms with Gasteiger partial charge in [-0.1, -0.05) is 38.1 Å². The maximum Gasteiger partial charge on any atom is 0.271 e. The summed E-state index contributed by atoms with van der Waals surface area (Å²) in [6.07, 6.45) is 3.38. The van der Waals surface area contributed by atoms with Crippen LogP contribution in [0.4, 0.5) is 0 Å². The predicted octanol–water partition coefficient (Wildman–Crippen LogP) is 3.98. The summed E-state index contributed by atoms with van der Waals surface area (Å²) in [5, 5.41) is 4.18. The predicted molar refractivity (Wildman–Crippen MR) is 81.9 cm³/mol.